The van der Waals surface area contributed by atoms with E-state index in [2.05, 4.69) is 33.2 Å². The van der Waals surface area contributed by atoms with Gasteiger partial charge in [0, 0.05) is 19.1 Å². The Morgan fingerprint density at radius 2 is 1.43 bits per heavy atom. The first-order chi connectivity index (χ1) is 17.4. The first kappa shape index (κ1) is 35.9. The molecule has 8 heteroatoms. The molecule has 1 heterocycles. The number of esters is 1. The normalized spacial score (nSPS) is 12.2. The molecule has 0 aliphatic heterocycles. The molecule has 0 spiro atoms. The third-order valence-corrected chi connectivity index (χ3v) is 6.29. The maximum absolute atomic E-state index is 12.1. The molecule has 0 saturated carbocycles. The summed E-state index contributed by atoms with van der Waals surface area (Å²) in [6, 6.07) is 1.64. The van der Waals surface area contributed by atoms with Gasteiger partial charge in [-0.05, 0) is 11.6 Å². The van der Waals surface area contributed by atoms with Crippen molar-refractivity contribution in [3.8, 4) is 5.88 Å². The molecular formula is C29H55BrN2O5. The lowest BCUT2D eigenvalue weighted by atomic mass is 10.0. The van der Waals surface area contributed by atoms with E-state index in [0.29, 0.717) is 25.5 Å². The molecule has 0 bridgehead atoms. The summed E-state index contributed by atoms with van der Waals surface area (Å²) in [6.45, 7) is 4.40. The van der Waals surface area contributed by atoms with E-state index in [1.165, 1.54) is 89.7 Å². The summed E-state index contributed by atoms with van der Waals surface area (Å²) >= 11 is 0. The first-order valence-electron chi connectivity index (χ1n) is 14.5. The third-order valence-electron chi connectivity index (χ3n) is 6.29. The van der Waals surface area contributed by atoms with Crippen LogP contribution in [0.4, 0.5) is 0 Å². The van der Waals surface area contributed by atoms with Crippen LogP contribution in [0.2, 0.25) is 0 Å². The fraction of sp³-hybridized carbons (Fsp3) is 0.862. The van der Waals surface area contributed by atoms with Gasteiger partial charge < -0.3 is 40.2 Å². The number of quaternary nitrogens is 1. The van der Waals surface area contributed by atoms with Crippen molar-refractivity contribution in [2.75, 3.05) is 47.5 Å². The van der Waals surface area contributed by atoms with Crippen LogP contribution in [-0.4, -0.2) is 69.2 Å². The van der Waals surface area contributed by atoms with Crippen molar-refractivity contribution in [3.05, 3.63) is 12.3 Å². The van der Waals surface area contributed by atoms with E-state index in [-0.39, 0.29) is 29.6 Å². The number of carbonyl (C=O) groups excluding carboxylic acids is 1. The molecule has 1 aromatic rings. The highest BCUT2D eigenvalue weighted by Crippen LogP contribution is 2.13. The molecule has 0 fully saturated rings. The molecule has 7 nitrogen and oxygen atoms in total. The van der Waals surface area contributed by atoms with Crippen LogP contribution in [0.25, 0.3) is 0 Å². The van der Waals surface area contributed by atoms with E-state index >= 15 is 0 Å². The van der Waals surface area contributed by atoms with E-state index in [4.69, 9.17) is 18.7 Å². The van der Waals surface area contributed by atoms with Crippen LogP contribution in [0.1, 0.15) is 110 Å². The van der Waals surface area contributed by atoms with Gasteiger partial charge in [0.1, 0.15) is 12.9 Å². The van der Waals surface area contributed by atoms with E-state index in [9.17, 15) is 4.79 Å². The van der Waals surface area contributed by atoms with E-state index in [0.717, 1.165) is 23.9 Å². The average Bonchev–Trinajstić information content (AvgIpc) is 3.34. The maximum Gasteiger partial charge on any atom is 0.306 e. The summed E-state index contributed by atoms with van der Waals surface area (Å²) in [5.41, 5.74) is 0. The monoisotopic (exact) mass is 590 g/mol. The molecule has 0 amide bonds. The summed E-state index contributed by atoms with van der Waals surface area (Å²) in [5, 5.41) is 3.79. The summed E-state index contributed by atoms with van der Waals surface area (Å²) < 4.78 is 22.7. The summed E-state index contributed by atoms with van der Waals surface area (Å²) in [4.78, 5) is 12.1. The summed E-state index contributed by atoms with van der Waals surface area (Å²) in [7, 11) is 6.34. The van der Waals surface area contributed by atoms with Gasteiger partial charge >= 0.3 is 5.97 Å². The van der Waals surface area contributed by atoms with Gasteiger partial charge in [-0.3, -0.25) is 4.79 Å². The lowest BCUT2D eigenvalue weighted by molar-refractivity contribution is -0.870. The standard InChI is InChI=1S/C29H55N2O5.BrH/c1-5-6-7-8-9-10-11-12-13-14-15-16-17-18-23-33-25-27(36-28-21-24-35-30-28)26-34-29(32)20-19-22-31(2,3)4;/h21,24,27H,5-20,22-23,25-26H2,1-4H3;1H/q+1;/p-1. The smallest absolute Gasteiger partial charge is 0.306 e. The van der Waals surface area contributed by atoms with Crippen molar-refractivity contribution in [3.63, 3.8) is 0 Å². The number of aromatic nitrogens is 1. The molecule has 0 radical (unpaired) electrons. The highest BCUT2D eigenvalue weighted by Gasteiger charge is 2.17. The Morgan fingerprint density at radius 1 is 0.865 bits per heavy atom. The maximum atomic E-state index is 12.1. The molecule has 0 aromatic carbocycles. The summed E-state index contributed by atoms with van der Waals surface area (Å²) in [5.74, 6) is 0.172. The third kappa shape index (κ3) is 23.7. The highest BCUT2D eigenvalue weighted by molar-refractivity contribution is 5.69. The molecule has 1 atom stereocenters. The number of halogens is 1. The Morgan fingerprint density at radius 3 is 1.95 bits per heavy atom. The van der Waals surface area contributed by atoms with Gasteiger partial charge in [0.05, 0.1) is 40.7 Å². The lowest BCUT2D eigenvalue weighted by Crippen LogP contribution is -3.00. The fourth-order valence-corrected chi connectivity index (χ4v) is 4.12. The van der Waals surface area contributed by atoms with Crippen LogP contribution in [-0.2, 0) is 14.3 Å². The van der Waals surface area contributed by atoms with Crippen molar-refractivity contribution >= 4 is 5.97 Å². The summed E-state index contributed by atoms with van der Waals surface area (Å²) in [6.07, 6.45) is 21.0. The average molecular weight is 592 g/mol. The fourth-order valence-electron chi connectivity index (χ4n) is 4.12. The molecule has 1 aromatic heterocycles. The van der Waals surface area contributed by atoms with Crippen molar-refractivity contribution in [2.24, 2.45) is 0 Å². The Labute approximate surface area is 237 Å². The minimum absolute atomic E-state index is 0. The number of rotatable bonds is 25. The second-order valence-corrected chi connectivity index (χ2v) is 11.0. The number of hydrogen-bond acceptors (Lipinski definition) is 6. The number of carbonyl (C=O) groups is 1. The minimum Gasteiger partial charge on any atom is -1.00 e. The predicted octanol–water partition coefficient (Wildman–Crippen LogP) is 3.95. The lowest BCUT2D eigenvalue weighted by Gasteiger charge is -2.23. The van der Waals surface area contributed by atoms with Crippen molar-refractivity contribution < 1.29 is 45.0 Å². The van der Waals surface area contributed by atoms with Gasteiger partial charge in [-0.2, -0.15) is 0 Å². The molecule has 0 N–H and O–H groups in total. The van der Waals surface area contributed by atoms with Crippen molar-refractivity contribution in [1.29, 1.82) is 0 Å². The molecule has 1 rings (SSSR count). The van der Waals surface area contributed by atoms with Crippen LogP contribution in [0.5, 0.6) is 5.88 Å². The molecular weight excluding hydrogens is 536 g/mol. The molecule has 0 saturated heterocycles. The van der Waals surface area contributed by atoms with E-state index < -0.39 is 6.10 Å². The van der Waals surface area contributed by atoms with Crippen molar-refractivity contribution in [2.45, 2.75) is 116 Å². The van der Waals surface area contributed by atoms with Gasteiger partial charge in [-0.25, -0.2) is 0 Å². The minimum atomic E-state index is -0.399. The zero-order chi connectivity index (χ0) is 26.3. The Balaban J connectivity index is 0.0000130. The second-order valence-electron chi connectivity index (χ2n) is 11.0. The number of unbranched alkanes of at least 4 members (excludes halogenated alkanes) is 13. The molecule has 1 unspecified atom stereocenters. The molecule has 218 valence electrons. The number of nitrogens with zero attached hydrogens (tertiary/aromatic N) is 2. The van der Waals surface area contributed by atoms with Gasteiger partial charge in [0.2, 0.25) is 0 Å². The van der Waals surface area contributed by atoms with Crippen LogP contribution in [0, 0.1) is 0 Å². The Kier molecular flexibility index (Phi) is 23.2. The van der Waals surface area contributed by atoms with Crippen LogP contribution in [0.15, 0.2) is 16.9 Å². The topological polar surface area (TPSA) is 70.8 Å². The molecule has 37 heavy (non-hydrogen) atoms. The van der Waals surface area contributed by atoms with Crippen LogP contribution < -0.4 is 21.7 Å². The van der Waals surface area contributed by atoms with E-state index in [1.807, 2.05) is 0 Å². The van der Waals surface area contributed by atoms with Crippen LogP contribution in [0.3, 0.4) is 0 Å². The zero-order valence-corrected chi connectivity index (χ0v) is 25.8. The largest absolute Gasteiger partial charge is 1.00 e. The number of hydrogen-bond donors (Lipinski definition) is 0. The van der Waals surface area contributed by atoms with Gasteiger partial charge in [0.15, 0.2) is 6.10 Å². The van der Waals surface area contributed by atoms with E-state index in [1.54, 1.807) is 6.07 Å². The zero-order valence-electron chi connectivity index (χ0n) is 24.2. The van der Waals surface area contributed by atoms with Gasteiger partial charge in [-0.15, -0.1) is 0 Å². The Hall–Kier alpha value is -1.12. The van der Waals surface area contributed by atoms with Gasteiger partial charge in [-0.1, -0.05) is 90.4 Å². The second kappa shape index (κ2) is 24.0. The Bertz CT molecular complexity index is 622. The van der Waals surface area contributed by atoms with Gasteiger partial charge in [0.25, 0.3) is 5.88 Å². The number of ether oxygens (including phenoxy) is 3. The SMILES string of the molecule is CCCCCCCCCCCCCCCCOCC(COC(=O)CCC[N+](C)(C)C)Oc1ccon1.[Br-]. The van der Waals surface area contributed by atoms with Crippen LogP contribution >= 0.6 is 0 Å². The molecule has 0 aliphatic rings. The quantitative estimate of drug-likeness (QED) is 0.0975. The highest BCUT2D eigenvalue weighted by atomic mass is 79.9. The first-order valence-corrected chi connectivity index (χ1v) is 14.5. The predicted molar refractivity (Wildman–Crippen MR) is 145 cm³/mol. The van der Waals surface area contributed by atoms with Crippen molar-refractivity contribution in [1.82, 2.24) is 5.16 Å². The molecule has 0 aliphatic carbocycles.